The Kier molecular flexibility index (Phi) is 6.33. The maximum atomic E-state index is 14.7. The molecule has 6 aliphatic heterocycles. The van der Waals surface area contributed by atoms with E-state index in [1.54, 1.807) is 9.80 Å². The van der Waals surface area contributed by atoms with Gasteiger partial charge in [-0.05, 0) is 59.7 Å². The van der Waals surface area contributed by atoms with Crippen LogP contribution in [0.1, 0.15) is 40.7 Å². The largest absolute Gasteiger partial charge is 0.364 e. The first-order chi connectivity index (χ1) is 24.8. The molecule has 51 heavy (non-hydrogen) atoms. The highest BCUT2D eigenvalue weighted by molar-refractivity contribution is 6.01. The molecule has 10 heteroatoms. The van der Waals surface area contributed by atoms with Gasteiger partial charge in [-0.3, -0.25) is 19.2 Å². The van der Waals surface area contributed by atoms with Crippen molar-refractivity contribution < 1.29 is 19.2 Å². The SMILES string of the molecule is Cc1cccc2c1[C@]1([C@]34C[C@H]5C(=O)N[C@@H](Cc6ccccc6)C(=O)N5[C@H]3Nc3ccccc34)C[C@H]3C(=O)N[C@@H](Cc4ccccc4)C(=O)N3[C@H]1N2. The van der Waals surface area contributed by atoms with Gasteiger partial charge in [0.1, 0.15) is 36.5 Å². The molecule has 256 valence electrons. The Hall–Kier alpha value is -5.64. The van der Waals surface area contributed by atoms with E-state index in [0.717, 1.165) is 39.2 Å². The number of rotatable bonds is 5. The number of amides is 4. The van der Waals surface area contributed by atoms with E-state index >= 15 is 0 Å². The summed E-state index contributed by atoms with van der Waals surface area (Å²) in [5.74, 6) is -0.624. The summed E-state index contributed by atoms with van der Waals surface area (Å²) in [5, 5.41) is 13.7. The Labute approximate surface area is 295 Å². The highest BCUT2D eigenvalue weighted by Gasteiger charge is 2.78. The fourth-order valence-corrected chi connectivity index (χ4v) is 10.7. The number of benzene rings is 4. The number of carbonyl (C=O) groups excluding carboxylic acids is 4. The molecule has 4 fully saturated rings. The lowest BCUT2D eigenvalue weighted by molar-refractivity contribution is -0.149. The van der Waals surface area contributed by atoms with Gasteiger partial charge in [-0.1, -0.05) is 91.0 Å². The lowest BCUT2D eigenvalue weighted by Gasteiger charge is -2.49. The molecule has 8 atom stereocenters. The molecule has 4 amide bonds. The predicted octanol–water partition coefficient (Wildman–Crippen LogP) is 3.36. The smallest absolute Gasteiger partial charge is 0.247 e. The molecule has 0 bridgehead atoms. The Balaban J connectivity index is 1.14. The third-order valence-electron chi connectivity index (χ3n) is 12.6. The number of hydrogen-bond donors (Lipinski definition) is 4. The molecule has 0 saturated carbocycles. The zero-order valence-electron chi connectivity index (χ0n) is 28.1. The normalized spacial score (nSPS) is 32.5. The summed E-state index contributed by atoms with van der Waals surface area (Å²) in [5.41, 5.74) is 5.09. The summed E-state index contributed by atoms with van der Waals surface area (Å²) in [6.45, 7) is 2.08. The van der Waals surface area contributed by atoms with Crippen molar-refractivity contribution in [1.29, 1.82) is 0 Å². The van der Waals surface area contributed by atoms with Crippen molar-refractivity contribution in [3.63, 3.8) is 0 Å². The molecule has 4 aromatic carbocycles. The van der Waals surface area contributed by atoms with Gasteiger partial charge in [-0.15, -0.1) is 0 Å². The Bertz CT molecular complexity index is 2140. The Morgan fingerprint density at radius 3 is 1.67 bits per heavy atom. The quantitative estimate of drug-likeness (QED) is 0.257. The molecule has 4 saturated heterocycles. The average Bonchev–Trinajstić information content (AvgIpc) is 3.85. The average molecular weight is 679 g/mol. The van der Waals surface area contributed by atoms with Crippen molar-refractivity contribution in [2.75, 3.05) is 10.6 Å². The number of para-hydroxylation sites is 1. The standard InChI is InChI=1S/C41H38N6O4/c1-23-11-10-18-28-33(23)41(22-32-35(49)43-30(20-25-14-6-3-7-15-25)37(51)47(32)39(41)45-28)40-21-31-34(48)42-29(19-24-12-4-2-5-13-24)36(50)46(31)38(40)44-27-17-9-8-16-26(27)40/h2-18,29-32,38-39,44-45H,19-22H2,1H3,(H,42,48)(H,43,49)/t29-,30-,31-,32-,38+,39+,40-,41+/m0/s1. The third kappa shape index (κ3) is 3.93. The molecule has 0 unspecified atom stereocenters. The van der Waals surface area contributed by atoms with Crippen LogP contribution < -0.4 is 21.3 Å². The fourth-order valence-electron chi connectivity index (χ4n) is 10.7. The summed E-state index contributed by atoms with van der Waals surface area (Å²) in [6, 6.07) is 30.9. The van der Waals surface area contributed by atoms with Gasteiger partial charge in [0, 0.05) is 24.2 Å². The number of piperazine rings is 2. The van der Waals surface area contributed by atoms with Crippen molar-refractivity contribution in [1.82, 2.24) is 20.4 Å². The lowest BCUT2D eigenvalue weighted by atomic mass is 9.53. The van der Waals surface area contributed by atoms with E-state index in [0.29, 0.717) is 25.7 Å². The predicted molar refractivity (Wildman–Crippen MR) is 190 cm³/mol. The van der Waals surface area contributed by atoms with E-state index in [-0.39, 0.29) is 23.6 Å². The first-order valence-electron chi connectivity index (χ1n) is 17.9. The summed E-state index contributed by atoms with van der Waals surface area (Å²) < 4.78 is 0. The Morgan fingerprint density at radius 1 is 0.569 bits per heavy atom. The van der Waals surface area contributed by atoms with Gasteiger partial charge in [0.2, 0.25) is 23.6 Å². The van der Waals surface area contributed by atoms with Crippen molar-refractivity contribution in [3.05, 3.63) is 131 Å². The molecule has 6 heterocycles. The number of anilines is 2. The molecule has 0 spiro atoms. The van der Waals surface area contributed by atoms with Crippen LogP contribution in [0, 0.1) is 6.92 Å². The van der Waals surface area contributed by atoms with Crippen LogP contribution in [0.3, 0.4) is 0 Å². The van der Waals surface area contributed by atoms with Crippen molar-refractivity contribution in [2.24, 2.45) is 0 Å². The van der Waals surface area contributed by atoms with E-state index in [1.165, 1.54) is 0 Å². The van der Waals surface area contributed by atoms with Crippen LogP contribution in [0.2, 0.25) is 0 Å². The monoisotopic (exact) mass is 678 g/mol. The maximum Gasteiger partial charge on any atom is 0.247 e. The minimum atomic E-state index is -0.871. The van der Waals surface area contributed by atoms with E-state index in [1.807, 2.05) is 91.0 Å². The molecule has 0 radical (unpaired) electrons. The highest BCUT2D eigenvalue weighted by atomic mass is 16.2. The van der Waals surface area contributed by atoms with Crippen LogP contribution in [0.25, 0.3) is 0 Å². The number of fused-ring (bicyclic) bond motifs is 11. The molecule has 0 aliphatic carbocycles. The number of nitrogens with one attached hydrogen (secondary N) is 4. The number of carbonyl (C=O) groups is 4. The highest BCUT2D eigenvalue weighted by Crippen LogP contribution is 2.69. The molecular weight excluding hydrogens is 640 g/mol. The first kappa shape index (κ1) is 30.2. The van der Waals surface area contributed by atoms with Gasteiger partial charge < -0.3 is 31.1 Å². The van der Waals surface area contributed by atoms with Gasteiger partial charge in [0.05, 0.1) is 10.8 Å². The van der Waals surface area contributed by atoms with Gasteiger partial charge in [-0.25, -0.2) is 0 Å². The molecule has 6 aliphatic rings. The lowest BCUT2D eigenvalue weighted by Crippen LogP contribution is -2.67. The summed E-state index contributed by atoms with van der Waals surface area (Å²) in [4.78, 5) is 61.5. The van der Waals surface area contributed by atoms with Crippen molar-refractivity contribution in [3.8, 4) is 0 Å². The van der Waals surface area contributed by atoms with Crippen LogP contribution in [0.15, 0.2) is 103 Å². The molecular formula is C41H38N6O4. The minimum Gasteiger partial charge on any atom is -0.364 e. The molecule has 10 nitrogen and oxygen atoms in total. The summed E-state index contributed by atoms with van der Waals surface area (Å²) in [6.07, 6.45) is 0.260. The number of nitrogens with zero attached hydrogens (tertiary/aromatic N) is 2. The second-order valence-electron chi connectivity index (χ2n) is 15.0. The van der Waals surface area contributed by atoms with Crippen LogP contribution in [0.4, 0.5) is 11.4 Å². The van der Waals surface area contributed by atoms with Crippen molar-refractivity contribution in [2.45, 2.75) is 79.9 Å². The van der Waals surface area contributed by atoms with E-state index in [2.05, 4.69) is 40.3 Å². The van der Waals surface area contributed by atoms with Gasteiger partial charge >= 0.3 is 0 Å². The van der Waals surface area contributed by atoms with Crippen LogP contribution in [0.5, 0.6) is 0 Å². The van der Waals surface area contributed by atoms with Crippen molar-refractivity contribution >= 4 is 35.0 Å². The van der Waals surface area contributed by atoms with Crippen LogP contribution in [-0.4, -0.2) is 69.9 Å². The van der Waals surface area contributed by atoms with Gasteiger partial charge in [-0.2, -0.15) is 0 Å². The molecule has 4 N–H and O–H groups in total. The summed E-state index contributed by atoms with van der Waals surface area (Å²) >= 11 is 0. The van der Waals surface area contributed by atoms with E-state index in [4.69, 9.17) is 0 Å². The number of hydrogen-bond acceptors (Lipinski definition) is 6. The first-order valence-corrected chi connectivity index (χ1v) is 17.9. The van der Waals surface area contributed by atoms with Gasteiger partial charge in [0.15, 0.2) is 0 Å². The zero-order chi connectivity index (χ0) is 34.6. The second kappa shape index (κ2) is 10.7. The second-order valence-corrected chi connectivity index (χ2v) is 15.0. The fraction of sp³-hybridized carbons (Fsp3) is 0.317. The topological polar surface area (TPSA) is 123 Å². The van der Waals surface area contributed by atoms with Crippen LogP contribution >= 0.6 is 0 Å². The van der Waals surface area contributed by atoms with E-state index < -0.39 is 47.3 Å². The maximum absolute atomic E-state index is 14.7. The van der Waals surface area contributed by atoms with E-state index in [9.17, 15) is 19.2 Å². The van der Waals surface area contributed by atoms with Crippen LogP contribution in [-0.2, 0) is 42.8 Å². The summed E-state index contributed by atoms with van der Waals surface area (Å²) in [7, 11) is 0. The minimum absolute atomic E-state index is 0.132. The zero-order valence-corrected chi connectivity index (χ0v) is 28.1. The van der Waals surface area contributed by atoms with Gasteiger partial charge in [0.25, 0.3) is 0 Å². The molecule has 10 rings (SSSR count). The number of aryl methyl sites for hydroxylation is 1. The molecule has 0 aromatic heterocycles. The Morgan fingerprint density at radius 2 is 1.06 bits per heavy atom. The third-order valence-corrected chi connectivity index (χ3v) is 12.6. The molecule has 4 aromatic rings.